The lowest BCUT2D eigenvalue weighted by Crippen LogP contribution is -1.84. The van der Waals surface area contributed by atoms with Crippen molar-refractivity contribution in [3.05, 3.63) is 60.2 Å². The summed E-state index contributed by atoms with van der Waals surface area (Å²) >= 11 is 0. The van der Waals surface area contributed by atoms with Gasteiger partial charge in [0, 0.05) is 0 Å². The van der Waals surface area contributed by atoms with Crippen molar-refractivity contribution in [2.45, 2.75) is 33.6 Å². The van der Waals surface area contributed by atoms with Crippen LogP contribution in [0.5, 0.6) is 11.5 Å². The first-order chi connectivity index (χ1) is 8.80. The van der Waals surface area contributed by atoms with Gasteiger partial charge in [0.05, 0.1) is 0 Å². The van der Waals surface area contributed by atoms with Gasteiger partial charge in [0.2, 0.25) is 0 Å². The summed E-state index contributed by atoms with van der Waals surface area (Å²) in [6.07, 6.45) is 2.31. The first kappa shape index (κ1) is 14.3. The number of para-hydroxylation sites is 1. The summed E-state index contributed by atoms with van der Waals surface area (Å²) in [5, 5.41) is 0. The van der Waals surface area contributed by atoms with Crippen molar-refractivity contribution >= 4 is 0 Å². The number of aryl methyl sites for hydroxylation is 1. The maximum atomic E-state index is 5.68. The van der Waals surface area contributed by atoms with E-state index < -0.39 is 0 Å². The molecule has 0 saturated carbocycles. The highest BCUT2D eigenvalue weighted by atomic mass is 16.5. The van der Waals surface area contributed by atoms with E-state index in [-0.39, 0.29) is 0 Å². The molecule has 18 heavy (non-hydrogen) atoms. The molecule has 2 aromatic carbocycles. The topological polar surface area (TPSA) is 9.23 Å². The van der Waals surface area contributed by atoms with Crippen molar-refractivity contribution in [1.29, 1.82) is 0 Å². The van der Waals surface area contributed by atoms with E-state index in [1.165, 1.54) is 12.0 Å². The molecule has 1 nitrogen and oxygen atoms in total. The zero-order valence-electron chi connectivity index (χ0n) is 11.5. The molecule has 0 unspecified atom stereocenters. The number of benzene rings is 2. The van der Waals surface area contributed by atoms with E-state index in [1.54, 1.807) is 0 Å². The van der Waals surface area contributed by atoms with Crippen LogP contribution in [0.25, 0.3) is 0 Å². The van der Waals surface area contributed by atoms with Crippen LogP contribution in [0.15, 0.2) is 54.6 Å². The van der Waals surface area contributed by atoms with E-state index in [1.807, 2.05) is 42.5 Å². The van der Waals surface area contributed by atoms with Crippen LogP contribution in [-0.2, 0) is 6.42 Å². The van der Waals surface area contributed by atoms with Gasteiger partial charge in [-0.1, -0.05) is 57.5 Å². The molecule has 1 heteroatoms. The highest BCUT2D eigenvalue weighted by Crippen LogP contribution is 2.20. The largest absolute Gasteiger partial charge is 0.457 e. The Kier molecular flexibility index (Phi) is 6.63. The van der Waals surface area contributed by atoms with Crippen LogP contribution < -0.4 is 4.74 Å². The minimum absolute atomic E-state index is 0.877. The average molecular weight is 242 g/mol. The Morgan fingerprint density at radius 3 is 1.72 bits per heavy atom. The van der Waals surface area contributed by atoms with Gasteiger partial charge in [-0.25, -0.2) is 0 Å². The van der Waals surface area contributed by atoms with Crippen LogP contribution in [0, 0.1) is 0 Å². The normalized spacial score (nSPS) is 9.28. The minimum Gasteiger partial charge on any atom is -0.457 e. The zero-order valence-corrected chi connectivity index (χ0v) is 11.5. The van der Waals surface area contributed by atoms with Crippen LogP contribution in [-0.4, -0.2) is 0 Å². The molecule has 96 valence electrons. The van der Waals surface area contributed by atoms with E-state index in [2.05, 4.69) is 32.9 Å². The minimum atomic E-state index is 0.877. The molecule has 0 spiro atoms. The fraction of sp³-hybridized carbons (Fsp3) is 0.294. The fourth-order valence-corrected chi connectivity index (χ4v) is 1.42. The lowest BCUT2D eigenvalue weighted by Gasteiger charge is -2.05. The van der Waals surface area contributed by atoms with E-state index in [4.69, 9.17) is 4.74 Å². The molecule has 0 aliphatic heterocycles. The van der Waals surface area contributed by atoms with Crippen molar-refractivity contribution in [2.75, 3.05) is 0 Å². The summed E-state index contributed by atoms with van der Waals surface area (Å²) < 4.78 is 5.68. The molecule has 0 bridgehead atoms. The van der Waals surface area contributed by atoms with Gasteiger partial charge in [0.25, 0.3) is 0 Å². The van der Waals surface area contributed by atoms with Gasteiger partial charge < -0.3 is 4.74 Å². The second kappa shape index (κ2) is 8.35. The second-order valence-corrected chi connectivity index (χ2v) is 4.12. The lowest BCUT2D eigenvalue weighted by molar-refractivity contribution is 0.482. The molecule has 0 saturated heterocycles. The molecular formula is C17H22O. The van der Waals surface area contributed by atoms with Gasteiger partial charge >= 0.3 is 0 Å². The van der Waals surface area contributed by atoms with Crippen molar-refractivity contribution in [1.82, 2.24) is 0 Å². The molecule has 0 fully saturated rings. The van der Waals surface area contributed by atoms with Crippen molar-refractivity contribution in [3.8, 4) is 11.5 Å². The third-order valence-electron chi connectivity index (χ3n) is 2.31. The maximum Gasteiger partial charge on any atom is 0.127 e. The number of hydrogen-bond donors (Lipinski definition) is 0. The van der Waals surface area contributed by atoms with Crippen LogP contribution in [0.1, 0.15) is 32.8 Å². The molecule has 0 aliphatic carbocycles. The molecule has 0 amide bonds. The predicted molar refractivity (Wildman–Crippen MR) is 78.3 cm³/mol. The quantitative estimate of drug-likeness (QED) is 0.694. The standard InChI is InChI=1S/C14H14O.C3H8/c1-2-12-8-10-14(11-9-12)15-13-6-4-3-5-7-13;1-3-2/h3-11H,2H2,1H3;3H2,1-2H3. The highest BCUT2D eigenvalue weighted by Gasteiger charge is 1.95. The van der Waals surface area contributed by atoms with E-state index in [0.29, 0.717) is 0 Å². The first-order valence-electron chi connectivity index (χ1n) is 6.62. The van der Waals surface area contributed by atoms with E-state index in [9.17, 15) is 0 Å². The Bertz CT molecular complexity index is 417. The van der Waals surface area contributed by atoms with Gasteiger partial charge in [-0.2, -0.15) is 0 Å². The second-order valence-electron chi connectivity index (χ2n) is 4.12. The molecule has 0 N–H and O–H groups in total. The van der Waals surface area contributed by atoms with Crippen LogP contribution in [0.4, 0.5) is 0 Å². The Morgan fingerprint density at radius 2 is 1.22 bits per heavy atom. The average Bonchev–Trinajstić information content (AvgIpc) is 2.42. The Balaban J connectivity index is 0.000000492. The summed E-state index contributed by atoms with van der Waals surface area (Å²) in [5.74, 6) is 1.76. The monoisotopic (exact) mass is 242 g/mol. The van der Waals surface area contributed by atoms with Gasteiger partial charge in [0.1, 0.15) is 11.5 Å². The molecule has 0 atom stereocenters. The highest BCUT2D eigenvalue weighted by molar-refractivity contribution is 5.32. The van der Waals surface area contributed by atoms with E-state index >= 15 is 0 Å². The number of rotatable bonds is 3. The van der Waals surface area contributed by atoms with Crippen molar-refractivity contribution < 1.29 is 4.74 Å². The fourth-order valence-electron chi connectivity index (χ4n) is 1.42. The third kappa shape index (κ3) is 5.05. The molecule has 0 radical (unpaired) electrons. The summed E-state index contributed by atoms with van der Waals surface area (Å²) in [6, 6.07) is 18.0. The molecule has 0 heterocycles. The smallest absolute Gasteiger partial charge is 0.127 e. The Hall–Kier alpha value is -1.76. The lowest BCUT2D eigenvalue weighted by atomic mass is 10.2. The SMILES string of the molecule is CCC.CCc1ccc(Oc2ccccc2)cc1. The summed E-state index contributed by atoms with van der Waals surface area (Å²) in [4.78, 5) is 0. The molecule has 2 aromatic rings. The molecule has 2 rings (SSSR count). The van der Waals surface area contributed by atoms with Crippen LogP contribution in [0.2, 0.25) is 0 Å². The number of hydrogen-bond acceptors (Lipinski definition) is 1. The van der Waals surface area contributed by atoms with Gasteiger partial charge in [0.15, 0.2) is 0 Å². The molecular weight excluding hydrogens is 220 g/mol. The summed E-state index contributed by atoms with van der Waals surface area (Å²) in [7, 11) is 0. The first-order valence-corrected chi connectivity index (χ1v) is 6.62. The van der Waals surface area contributed by atoms with Crippen molar-refractivity contribution in [3.63, 3.8) is 0 Å². The van der Waals surface area contributed by atoms with Crippen LogP contribution in [0.3, 0.4) is 0 Å². The number of ether oxygens (including phenoxy) is 1. The van der Waals surface area contributed by atoms with Crippen LogP contribution >= 0.6 is 0 Å². The summed E-state index contributed by atoms with van der Waals surface area (Å²) in [5.41, 5.74) is 1.33. The van der Waals surface area contributed by atoms with E-state index in [0.717, 1.165) is 17.9 Å². The Morgan fingerprint density at radius 1 is 0.722 bits per heavy atom. The van der Waals surface area contributed by atoms with Crippen molar-refractivity contribution in [2.24, 2.45) is 0 Å². The molecule has 0 aromatic heterocycles. The van der Waals surface area contributed by atoms with Gasteiger partial charge in [-0.3, -0.25) is 0 Å². The summed E-state index contributed by atoms with van der Waals surface area (Å²) in [6.45, 7) is 6.40. The third-order valence-corrected chi connectivity index (χ3v) is 2.31. The molecule has 0 aliphatic rings. The Labute approximate surface area is 110 Å². The predicted octanol–water partition coefficient (Wildman–Crippen LogP) is 5.46. The van der Waals surface area contributed by atoms with Gasteiger partial charge in [-0.15, -0.1) is 0 Å². The zero-order chi connectivity index (χ0) is 13.2. The maximum absolute atomic E-state index is 5.68. The van der Waals surface area contributed by atoms with Gasteiger partial charge in [-0.05, 0) is 36.2 Å².